The Morgan fingerprint density at radius 3 is 2.48 bits per heavy atom. The third kappa shape index (κ3) is 9.22. The molecular weight excluding hydrogens is 827 g/mol. The fourth-order valence-corrected chi connectivity index (χ4v) is 10.0. The zero-order valence-corrected chi connectivity index (χ0v) is 36.4. The van der Waals surface area contributed by atoms with Crippen LogP contribution in [0.15, 0.2) is 42.9 Å². The smallest absolute Gasteiger partial charge is 0.284 e. The molecule has 64 heavy (non-hydrogen) atoms. The minimum atomic E-state index is -2.87. The molecule has 340 valence electrons. The lowest BCUT2D eigenvalue weighted by atomic mass is 9.85. The predicted octanol–water partition coefficient (Wildman–Crippen LogP) is 5.27. The third-order valence-electron chi connectivity index (χ3n) is 13.5. The summed E-state index contributed by atoms with van der Waals surface area (Å²) in [6.07, 6.45) is 9.96. The number of nitrogens with one attached hydrogen (secondary N) is 2. The quantitative estimate of drug-likeness (QED) is 0.117. The number of benzene rings is 1. The number of aromatic nitrogens is 7. The molecule has 0 spiro atoms. The van der Waals surface area contributed by atoms with Crippen molar-refractivity contribution >= 4 is 51.7 Å². The second-order valence-corrected chi connectivity index (χ2v) is 17.7. The van der Waals surface area contributed by atoms with Gasteiger partial charge < -0.3 is 24.8 Å². The fraction of sp³-hybridized carbons (Fsp3) is 0.556. The number of carbonyl (C=O) groups excluding carboxylic acids is 4. The van der Waals surface area contributed by atoms with Crippen molar-refractivity contribution in [2.45, 2.75) is 103 Å². The van der Waals surface area contributed by atoms with Crippen LogP contribution in [0.5, 0.6) is 0 Å². The monoisotopic (exact) mass is 882 g/mol. The van der Waals surface area contributed by atoms with Crippen molar-refractivity contribution in [3.63, 3.8) is 0 Å². The van der Waals surface area contributed by atoms with Gasteiger partial charge in [-0.15, -0.1) is 0 Å². The van der Waals surface area contributed by atoms with Crippen molar-refractivity contribution in [2.24, 2.45) is 5.92 Å². The normalized spacial score (nSPS) is 21.6. The van der Waals surface area contributed by atoms with E-state index in [0.29, 0.717) is 63.0 Å². The summed E-state index contributed by atoms with van der Waals surface area (Å²) in [6.45, 7) is 9.48. The first kappa shape index (κ1) is 43.4. The van der Waals surface area contributed by atoms with Crippen LogP contribution >= 0.6 is 0 Å². The lowest BCUT2D eigenvalue weighted by Crippen LogP contribution is -2.48. The van der Waals surface area contributed by atoms with Crippen LogP contribution in [-0.2, 0) is 25.5 Å². The van der Waals surface area contributed by atoms with Gasteiger partial charge in [-0.2, -0.15) is 15.3 Å². The lowest BCUT2D eigenvalue weighted by molar-refractivity contribution is -0.136. The number of carbonyl (C=O) groups is 4. The van der Waals surface area contributed by atoms with E-state index in [-0.39, 0.29) is 41.1 Å². The lowest BCUT2D eigenvalue weighted by Gasteiger charge is -2.36. The molecule has 4 amide bonds. The number of aryl methyl sites for hydroxylation is 2. The van der Waals surface area contributed by atoms with Crippen molar-refractivity contribution in [2.75, 3.05) is 62.6 Å². The maximum absolute atomic E-state index is 14.3. The molecule has 1 aromatic carbocycles. The number of ether oxygens (including phenoxy) is 1. The van der Waals surface area contributed by atoms with Gasteiger partial charge in [-0.05, 0) is 88.3 Å². The Bertz CT molecular complexity index is 2510. The van der Waals surface area contributed by atoms with Gasteiger partial charge in [0, 0.05) is 83.5 Å². The molecule has 2 N–H and O–H groups in total. The Balaban J connectivity index is 0.724. The topological polar surface area (TPSA) is 177 Å². The van der Waals surface area contributed by atoms with Gasteiger partial charge in [0.05, 0.1) is 35.2 Å². The van der Waals surface area contributed by atoms with Gasteiger partial charge in [0.2, 0.25) is 11.8 Å². The summed E-state index contributed by atoms with van der Waals surface area (Å²) >= 11 is 0. The number of alkyl halides is 2. The second kappa shape index (κ2) is 18.7. The third-order valence-corrected chi connectivity index (χ3v) is 13.5. The molecule has 9 rings (SSSR count). The van der Waals surface area contributed by atoms with Gasteiger partial charge in [0.15, 0.2) is 11.3 Å². The van der Waals surface area contributed by atoms with E-state index >= 15 is 0 Å². The minimum absolute atomic E-state index is 0.0189. The van der Waals surface area contributed by atoms with E-state index in [2.05, 4.69) is 31.8 Å². The van der Waals surface area contributed by atoms with E-state index in [0.717, 1.165) is 87.6 Å². The zero-order chi connectivity index (χ0) is 44.5. The molecule has 19 heteroatoms. The highest BCUT2D eigenvalue weighted by molar-refractivity contribution is 6.08. The van der Waals surface area contributed by atoms with E-state index in [1.54, 1.807) is 33.5 Å². The number of halogens is 2. The van der Waals surface area contributed by atoms with Crippen molar-refractivity contribution in [1.29, 1.82) is 0 Å². The SMILES string of the molecule is CC(=O)N1CCN(c2ccn3ncc(C(=O)Nc4cn(C5CCC(CN6CCC(OCCCc7cccc8c7c(C)nn8C7CCC(=O)NC7=O)CC6)CC5)nc4C(F)F)c3n2)CC1. The van der Waals surface area contributed by atoms with Crippen LogP contribution in [0.2, 0.25) is 0 Å². The van der Waals surface area contributed by atoms with E-state index in [4.69, 9.17) is 14.8 Å². The van der Waals surface area contributed by atoms with Crippen molar-refractivity contribution in [1.82, 2.24) is 49.3 Å². The Morgan fingerprint density at radius 2 is 1.75 bits per heavy atom. The molecule has 0 radical (unpaired) electrons. The number of likely N-dealkylation sites (tertiary alicyclic amines) is 1. The number of piperazine rings is 1. The minimum Gasteiger partial charge on any atom is -0.378 e. The number of piperidine rings is 2. The van der Waals surface area contributed by atoms with Crippen LogP contribution in [-0.4, -0.2) is 126 Å². The number of anilines is 2. The van der Waals surface area contributed by atoms with Gasteiger partial charge >= 0.3 is 0 Å². The van der Waals surface area contributed by atoms with Crippen LogP contribution < -0.4 is 15.5 Å². The fourth-order valence-electron chi connectivity index (χ4n) is 10.0. The molecule has 1 unspecified atom stereocenters. The first-order valence-corrected chi connectivity index (χ1v) is 22.7. The molecule has 1 aliphatic carbocycles. The summed E-state index contributed by atoms with van der Waals surface area (Å²) < 4.78 is 39.9. The van der Waals surface area contributed by atoms with Crippen molar-refractivity contribution in [3.05, 3.63) is 65.4 Å². The number of nitrogens with zero attached hydrogens (tertiary/aromatic N) is 10. The summed E-state index contributed by atoms with van der Waals surface area (Å²) in [7, 11) is 0. The molecule has 3 saturated heterocycles. The first-order chi connectivity index (χ1) is 31.0. The van der Waals surface area contributed by atoms with Gasteiger partial charge in [-0.3, -0.25) is 33.9 Å². The van der Waals surface area contributed by atoms with Gasteiger partial charge in [0.25, 0.3) is 18.2 Å². The Kier molecular flexibility index (Phi) is 12.7. The van der Waals surface area contributed by atoms with Crippen LogP contribution in [0.25, 0.3) is 16.6 Å². The highest BCUT2D eigenvalue weighted by atomic mass is 19.3. The predicted molar refractivity (Wildman–Crippen MR) is 233 cm³/mol. The summed E-state index contributed by atoms with van der Waals surface area (Å²) in [5.74, 6) is 0.0457. The standard InChI is InChI=1S/C45H56F2N12O5/c1-28-40-31(5-3-7-36(40)59(52-28)37-12-13-39(61)51-45(37)63)6-4-24-64-33-14-17-54(18-15-33)26-30-8-10-32(11-9-30)58-27-35(41(53-58)42(46)47)49-44(62)34-25-48-57-19-16-38(50-43(34)57)56-22-20-55(21-23-56)29(2)60/h3,5,7,16,19,25,27,30,32-33,37,42H,4,6,8-15,17-18,20-24,26H2,1-2H3,(H,49,62)(H,51,61,63). The highest BCUT2D eigenvalue weighted by Gasteiger charge is 2.32. The molecule has 1 atom stereocenters. The zero-order valence-electron chi connectivity index (χ0n) is 36.4. The van der Waals surface area contributed by atoms with Crippen LogP contribution in [0.1, 0.15) is 111 Å². The number of amides is 4. The summed E-state index contributed by atoms with van der Waals surface area (Å²) in [6, 6.07) is 7.39. The van der Waals surface area contributed by atoms with E-state index < -0.39 is 24.1 Å². The Labute approximate surface area is 369 Å². The molecule has 1 saturated carbocycles. The van der Waals surface area contributed by atoms with Gasteiger partial charge in [-0.1, -0.05) is 12.1 Å². The molecule has 5 aromatic rings. The largest absolute Gasteiger partial charge is 0.378 e. The van der Waals surface area contributed by atoms with E-state index in [1.807, 2.05) is 24.0 Å². The molecule has 4 aliphatic rings. The molecule has 7 heterocycles. The van der Waals surface area contributed by atoms with E-state index in [1.165, 1.54) is 22.5 Å². The van der Waals surface area contributed by atoms with E-state index in [9.17, 15) is 28.0 Å². The number of imide groups is 1. The average Bonchev–Trinajstić information content (AvgIpc) is 4.01. The highest BCUT2D eigenvalue weighted by Crippen LogP contribution is 2.36. The van der Waals surface area contributed by atoms with Crippen LogP contribution in [0.3, 0.4) is 0 Å². The molecular formula is C45H56F2N12O5. The summed E-state index contributed by atoms with van der Waals surface area (Å²) in [5.41, 5.74) is 2.96. The van der Waals surface area contributed by atoms with Gasteiger partial charge in [-0.25, -0.2) is 18.3 Å². The van der Waals surface area contributed by atoms with Crippen molar-refractivity contribution < 1.29 is 32.7 Å². The molecule has 4 aromatic heterocycles. The maximum Gasteiger partial charge on any atom is 0.284 e. The summed E-state index contributed by atoms with van der Waals surface area (Å²) in [5, 5.41) is 19.5. The Morgan fingerprint density at radius 1 is 0.969 bits per heavy atom. The van der Waals surface area contributed by atoms with Crippen LogP contribution in [0.4, 0.5) is 20.3 Å². The first-order valence-electron chi connectivity index (χ1n) is 22.7. The van der Waals surface area contributed by atoms with Crippen LogP contribution in [0, 0.1) is 12.8 Å². The van der Waals surface area contributed by atoms with Gasteiger partial charge in [0.1, 0.15) is 17.4 Å². The summed E-state index contributed by atoms with van der Waals surface area (Å²) in [4.78, 5) is 60.7. The number of hydrogen-bond acceptors (Lipinski definition) is 11. The number of fused-ring (bicyclic) bond motifs is 2. The number of hydrogen-bond donors (Lipinski definition) is 2. The average molecular weight is 883 g/mol. The molecule has 3 aliphatic heterocycles. The molecule has 17 nitrogen and oxygen atoms in total. The molecule has 4 fully saturated rings. The molecule has 0 bridgehead atoms. The maximum atomic E-state index is 14.3. The Hall–Kier alpha value is -5.82. The second-order valence-electron chi connectivity index (χ2n) is 17.7. The number of rotatable bonds is 13. The van der Waals surface area contributed by atoms with Crippen molar-refractivity contribution in [3.8, 4) is 0 Å².